The molecule has 0 bridgehead atoms. The Hall–Kier alpha value is -2.27. The SMILES string of the molecule is Cc1cnc(Cl)nc1-c1ccc2c(c1)C(=O)N(CC=O)C2. The molecule has 5 nitrogen and oxygen atoms in total. The molecule has 3 rings (SSSR count). The second-order valence-electron chi connectivity index (χ2n) is 4.89. The van der Waals surface area contributed by atoms with Gasteiger partial charge in [0.15, 0.2) is 0 Å². The van der Waals surface area contributed by atoms with Crippen molar-refractivity contribution in [1.82, 2.24) is 14.9 Å². The third-order valence-electron chi connectivity index (χ3n) is 3.50. The molecular weight excluding hydrogens is 290 g/mol. The summed E-state index contributed by atoms with van der Waals surface area (Å²) in [5, 5.41) is 0.171. The van der Waals surface area contributed by atoms with E-state index in [-0.39, 0.29) is 17.7 Å². The van der Waals surface area contributed by atoms with Gasteiger partial charge in [0.05, 0.1) is 12.2 Å². The zero-order chi connectivity index (χ0) is 15.0. The quantitative estimate of drug-likeness (QED) is 0.644. The number of carbonyl (C=O) groups is 2. The van der Waals surface area contributed by atoms with Crippen LogP contribution in [0, 0.1) is 6.92 Å². The van der Waals surface area contributed by atoms with Gasteiger partial charge in [0, 0.05) is 23.9 Å². The minimum atomic E-state index is -0.128. The van der Waals surface area contributed by atoms with Crippen LogP contribution in [-0.2, 0) is 11.3 Å². The van der Waals surface area contributed by atoms with Gasteiger partial charge in [-0.2, -0.15) is 0 Å². The molecule has 1 aromatic carbocycles. The summed E-state index contributed by atoms with van der Waals surface area (Å²) in [6.07, 6.45) is 2.39. The molecular formula is C15H12ClN3O2. The van der Waals surface area contributed by atoms with Gasteiger partial charge in [-0.3, -0.25) is 4.79 Å². The average molecular weight is 302 g/mol. The Morgan fingerprint density at radius 2 is 2.24 bits per heavy atom. The number of rotatable bonds is 3. The lowest BCUT2D eigenvalue weighted by Crippen LogP contribution is -2.25. The maximum atomic E-state index is 12.2. The minimum Gasteiger partial charge on any atom is -0.327 e. The Morgan fingerprint density at radius 1 is 1.43 bits per heavy atom. The van der Waals surface area contributed by atoms with Crippen LogP contribution in [0.25, 0.3) is 11.3 Å². The molecule has 1 aliphatic heterocycles. The molecule has 0 unspecified atom stereocenters. The van der Waals surface area contributed by atoms with Crippen molar-refractivity contribution in [2.75, 3.05) is 6.54 Å². The van der Waals surface area contributed by atoms with E-state index in [4.69, 9.17) is 11.6 Å². The number of aryl methyl sites for hydroxylation is 1. The molecule has 2 aromatic rings. The average Bonchev–Trinajstić information content (AvgIpc) is 2.78. The number of benzene rings is 1. The molecule has 0 N–H and O–H groups in total. The lowest BCUT2D eigenvalue weighted by Gasteiger charge is -2.10. The van der Waals surface area contributed by atoms with Crippen molar-refractivity contribution >= 4 is 23.8 Å². The summed E-state index contributed by atoms with van der Waals surface area (Å²) in [4.78, 5) is 32.5. The van der Waals surface area contributed by atoms with Gasteiger partial charge in [-0.05, 0) is 35.7 Å². The summed E-state index contributed by atoms with van der Waals surface area (Å²) >= 11 is 5.84. The highest BCUT2D eigenvalue weighted by atomic mass is 35.5. The number of fused-ring (bicyclic) bond motifs is 1. The molecule has 21 heavy (non-hydrogen) atoms. The maximum Gasteiger partial charge on any atom is 0.254 e. The van der Waals surface area contributed by atoms with Crippen molar-refractivity contribution in [3.05, 3.63) is 46.4 Å². The number of hydrogen-bond donors (Lipinski definition) is 0. The van der Waals surface area contributed by atoms with E-state index in [1.54, 1.807) is 12.3 Å². The third kappa shape index (κ3) is 2.40. The predicted molar refractivity (Wildman–Crippen MR) is 78.0 cm³/mol. The van der Waals surface area contributed by atoms with E-state index in [9.17, 15) is 9.59 Å². The highest BCUT2D eigenvalue weighted by Gasteiger charge is 2.27. The highest BCUT2D eigenvalue weighted by Crippen LogP contribution is 2.29. The monoisotopic (exact) mass is 301 g/mol. The summed E-state index contributed by atoms with van der Waals surface area (Å²) in [5.74, 6) is -0.128. The first-order valence-corrected chi connectivity index (χ1v) is 6.83. The second-order valence-corrected chi connectivity index (χ2v) is 5.23. The van der Waals surface area contributed by atoms with Crippen LogP contribution in [0.5, 0.6) is 0 Å². The molecule has 1 aliphatic rings. The highest BCUT2D eigenvalue weighted by molar-refractivity contribution is 6.28. The van der Waals surface area contributed by atoms with Crippen molar-refractivity contribution in [2.45, 2.75) is 13.5 Å². The Morgan fingerprint density at radius 3 is 3.00 bits per heavy atom. The van der Waals surface area contributed by atoms with Crippen molar-refractivity contribution < 1.29 is 9.59 Å². The molecule has 0 saturated heterocycles. The largest absolute Gasteiger partial charge is 0.327 e. The van der Waals surface area contributed by atoms with Crippen molar-refractivity contribution in [3.8, 4) is 11.3 Å². The molecule has 106 valence electrons. The van der Waals surface area contributed by atoms with Crippen molar-refractivity contribution in [3.63, 3.8) is 0 Å². The molecule has 0 radical (unpaired) electrons. The van der Waals surface area contributed by atoms with E-state index in [0.717, 1.165) is 23.0 Å². The molecule has 0 saturated carbocycles. The predicted octanol–water partition coefficient (Wildman–Crippen LogP) is 2.26. The van der Waals surface area contributed by atoms with Crippen LogP contribution in [0.15, 0.2) is 24.4 Å². The second kappa shape index (κ2) is 5.26. The number of amides is 1. The van der Waals surface area contributed by atoms with E-state index in [1.807, 2.05) is 19.1 Å². The van der Waals surface area contributed by atoms with Crippen LogP contribution >= 0.6 is 11.6 Å². The normalized spacial score (nSPS) is 13.4. The van der Waals surface area contributed by atoms with Gasteiger partial charge >= 0.3 is 0 Å². The van der Waals surface area contributed by atoms with Gasteiger partial charge in [0.1, 0.15) is 6.29 Å². The van der Waals surface area contributed by atoms with Gasteiger partial charge in [-0.15, -0.1) is 0 Å². The van der Waals surface area contributed by atoms with Crippen LogP contribution in [0.2, 0.25) is 5.28 Å². The summed E-state index contributed by atoms with van der Waals surface area (Å²) in [7, 11) is 0. The van der Waals surface area contributed by atoms with Gasteiger partial charge in [-0.1, -0.05) is 12.1 Å². The van der Waals surface area contributed by atoms with E-state index in [0.29, 0.717) is 17.8 Å². The molecule has 0 aliphatic carbocycles. The lowest BCUT2D eigenvalue weighted by atomic mass is 10.0. The number of aldehydes is 1. The molecule has 1 aromatic heterocycles. The number of carbonyl (C=O) groups excluding carboxylic acids is 2. The molecule has 0 spiro atoms. The number of halogens is 1. The van der Waals surface area contributed by atoms with Crippen molar-refractivity contribution in [1.29, 1.82) is 0 Å². The fourth-order valence-corrected chi connectivity index (χ4v) is 2.59. The number of nitrogens with zero attached hydrogens (tertiary/aromatic N) is 3. The first-order chi connectivity index (χ1) is 10.1. The van der Waals surface area contributed by atoms with Crippen LogP contribution in [-0.4, -0.2) is 33.6 Å². The van der Waals surface area contributed by atoms with E-state index in [1.165, 1.54) is 4.90 Å². The number of hydrogen-bond acceptors (Lipinski definition) is 4. The van der Waals surface area contributed by atoms with Gasteiger partial charge in [0.25, 0.3) is 5.91 Å². The van der Waals surface area contributed by atoms with Crippen molar-refractivity contribution in [2.24, 2.45) is 0 Å². The Balaban J connectivity index is 2.04. The van der Waals surface area contributed by atoms with Gasteiger partial charge in [-0.25, -0.2) is 9.97 Å². The number of aromatic nitrogens is 2. The molecule has 2 heterocycles. The topological polar surface area (TPSA) is 63.2 Å². The smallest absolute Gasteiger partial charge is 0.254 e. The summed E-state index contributed by atoms with van der Waals surface area (Å²) in [6, 6.07) is 5.60. The summed E-state index contributed by atoms with van der Waals surface area (Å²) in [6.45, 7) is 2.47. The third-order valence-corrected chi connectivity index (χ3v) is 3.68. The molecule has 1 amide bonds. The molecule has 0 fully saturated rings. The minimum absolute atomic E-state index is 0.112. The zero-order valence-corrected chi connectivity index (χ0v) is 12.1. The van der Waals surface area contributed by atoms with E-state index in [2.05, 4.69) is 9.97 Å². The molecule has 0 atom stereocenters. The fourth-order valence-electron chi connectivity index (χ4n) is 2.46. The Bertz CT molecular complexity index is 746. The standard InChI is InChI=1S/C15H12ClN3O2/c1-9-7-17-15(16)18-13(9)10-2-3-11-8-19(4-5-20)14(21)12(11)6-10/h2-3,5-7H,4,8H2,1H3. The Labute approximate surface area is 126 Å². The van der Waals surface area contributed by atoms with Gasteiger partial charge in [0.2, 0.25) is 5.28 Å². The van der Waals surface area contributed by atoms with E-state index < -0.39 is 0 Å². The maximum absolute atomic E-state index is 12.2. The van der Waals surface area contributed by atoms with Crippen LogP contribution in [0.1, 0.15) is 21.5 Å². The van der Waals surface area contributed by atoms with Crippen LogP contribution < -0.4 is 0 Å². The van der Waals surface area contributed by atoms with Crippen LogP contribution in [0.4, 0.5) is 0 Å². The summed E-state index contributed by atoms with van der Waals surface area (Å²) < 4.78 is 0. The Kier molecular flexibility index (Phi) is 3.43. The fraction of sp³-hybridized carbons (Fsp3) is 0.200. The molecule has 6 heteroatoms. The first kappa shape index (κ1) is 13.7. The van der Waals surface area contributed by atoms with E-state index >= 15 is 0 Å². The summed E-state index contributed by atoms with van der Waals surface area (Å²) in [5.41, 5.74) is 3.94. The first-order valence-electron chi connectivity index (χ1n) is 6.45. The zero-order valence-electron chi connectivity index (χ0n) is 11.3. The lowest BCUT2D eigenvalue weighted by molar-refractivity contribution is -0.108. The van der Waals surface area contributed by atoms with Gasteiger partial charge < -0.3 is 9.69 Å². The van der Waals surface area contributed by atoms with Crippen LogP contribution in [0.3, 0.4) is 0 Å².